The highest BCUT2D eigenvalue weighted by Crippen LogP contribution is 2.23. The van der Waals surface area contributed by atoms with Crippen molar-refractivity contribution in [2.45, 2.75) is 13.0 Å². The lowest BCUT2D eigenvalue weighted by molar-refractivity contribution is 0.293. The Kier molecular flexibility index (Phi) is 5.54. The van der Waals surface area contributed by atoms with Crippen molar-refractivity contribution in [2.75, 3.05) is 31.1 Å². The van der Waals surface area contributed by atoms with Crippen LogP contribution in [0.1, 0.15) is 12.0 Å². The van der Waals surface area contributed by atoms with Crippen molar-refractivity contribution in [3.05, 3.63) is 46.1 Å². The van der Waals surface area contributed by atoms with Gasteiger partial charge >= 0.3 is 0 Å². The second kappa shape index (κ2) is 7.81. The fraction of sp³-hybridized carbons (Fsp3) is 0.375. The summed E-state index contributed by atoms with van der Waals surface area (Å²) in [4.78, 5) is 11.0. The van der Waals surface area contributed by atoms with Crippen molar-refractivity contribution in [2.24, 2.45) is 0 Å². The van der Waals surface area contributed by atoms with Crippen LogP contribution in [-0.2, 0) is 6.61 Å². The number of hydrogen-bond acceptors (Lipinski definition) is 5. The van der Waals surface area contributed by atoms with E-state index >= 15 is 0 Å². The zero-order valence-corrected chi connectivity index (χ0v) is 14.1. The summed E-state index contributed by atoms with van der Waals surface area (Å²) in [6.45, 7) is 4.20. The van der Waals surface area contributed by atoms with Crippen molar-refractivity contribution in [3.8, 4) is 5.88 Å². The number of benzene rings is 1. The van der Waals surface area contributed by atoms with Gasteiger partial charge < -0.3 is 15.0 Å². The van der Waals surface area contributed by atoms with E-state index in [-0.39, 0.29) is 0 Å². The van der Waals surface area contributed by atoms with E-state index < -0.39 is 0 Å². The van der Waals surface area contributed by atoms with E-state index in [1.54, 1.807) is 24.4 Å². The monoisotopic (exact) mass is 352 g/mol. The molecule has 0 amide bonds. The van der Waals surface area contributed by atoms with Gasteiger partial charge in [-0.25, -0.2) is 4.98 Å². The standard InChI is InChI=1S/C16H18Cl2N4O/c17-13-3-2-12(10-14(13)18)11-23-15-4-6-20-16(21-15)22-8-1-5-19-7-9-22/h2-4,6,10,19H,1,5,7-9,11H2. The van der Waals surface area contributed by atoms with Gasteiger partial charge in [0.05, 0.1) is 10.0 Å². The van der Waals surface area contributed by atoms with Crippen LogP contribution in [0, 0.1) is 0 Å². The zero-order valence-electron chi connectivity index (χ0n) is 12.6. The Morgan fingerprint density at radius 3 is 2.91 bits per heavy atom. The molecule has 2 aromatic rings. The first-order valence-electron chi connectivity index (χ1n) is 7.58. The molecule has 0 atom stereocenters. The highest BCUT2D eigenvalue weighted by Gasteiger charge is 2.12. The predicted molar refractivity (Wildman–Crippen MR) is 92.5 cm³/mol. The van der Waals surface area contributed by atoms with E-state index in [2.05, 4.69) is 20.2 Å². The van der Waals surface area contributed by atoms with E-state index in [9.17, 15) is 0 Å². The number of halogens is 2. The first kappa shape index (κ1) is 16.3. The van der Waals surface area contributed by atoms with Gasteiger partial charge in [-0.1, -0.05) is 29.3 Å². The lowest BCUT2D eigenvalue weighted by atomic mass is 10.2. The van der Waals surface area contributed by atoms with Gasteiger partial charge in [0.1, 0.15) is 6.61 Å². The molecule has 5 nitrogen and oxygen atoms in total. The molecule has 7 heteroatoms. The summed E-state index contributed by atoms with van der Waals surface area (Å²) >= 11 is 11.9. The molecule has 122 valence electrons. The van der Waals surface area contributed by atoms with Crippen LogP contribution in [0.4, 0.5) is 5.95 Å². The zero-order chi connectivity index (χ0) is 16.1. The molecule has 0 saturated carbocycles. The van der Waals surface area contributed by atoms with Gasteiger partial charge in [0, 0.05) is 31.9 Å². The van der Waals surface area contributed by atoms with Crippen molar-refractivity contribution in [3.63, 3.8) is 0 Å². The Bertz CT molecular complexity index is 660. The van der Waals surface area contributed by atoms with E-state index in [0.717, 1.165) is 38.2 Å². The molecular weight excluding hydrogens is 335 g/mol. The van der Waals surface area contributed by atoms with Crippen LogP contribution in [0.3, 0.4) is 0 Å². The minimum Gasteiger partial charge on any atom is -0.473 e. The highest BCUT2D eigenvalue weighted by atomic mass is 35.5. The lowest BCUT2D eigenvalue weighted by Crippen LogP contribution is -2.29. The Hall–Kier alpha value is -1.56. The summed E-state index contributed by atoms with van der Waals surface area (Å²) in [6.07, 6.45) is 2.81. The molecule has 0 aliphatic carbocycles. The van der Waals surface area contributed by atoms with Crippen molar-refractivity contribution >= 4 is 29.2 Å². The van der Waals surface area contributed by atoms with Crippen LogP contribution in [-0.4, -0.2) is 36.1 Å². The van der Waals surface area contributed by atoms with Crippen LogP contribution in [0.15, 0.2) is 30.5 Å². The van der Waals surface area contributed by atoms with E-state index in [0.29, 0.717) is 28.5 Å². The van der Waals surface area contributed by atoms with Crippen molar-refractivity contribution in [1.82, 2.24) is 15.3 Å². The molecule has 1 aromatic carbocycles. The normalized spacial score (nSPS) is 15.3. The Labute approximate surface area is 145 Å². The first-order chi connectivity index (χ1) is 11.2. The number of anilines is 1. The summed E-state index contributed by atoms with van der Waals surface area (Å²) in [5.41, 5.74) is 0.943. The molecule has 1 aliphatic heterocycles. The molecule has 1 saturated heterocycles. The summed E-state index contributed by atoms with van der Waals surface area (Å²) < 4.78 is 5.75. The minimum atomic E-state index is 0.384. The van der Waals surface area contributed by atoms with E-state index in [4.69, 9.17) is 27.9 Å². The molecule has 3 rings (SSSR count). The number of rotatable bonds is 4. The largest absolute Gasteiger partial charge is 0.473 e. The second-order valence-electron chi connectivity index (χ2n) is 5.32. The fourth-order valence-electron chi connectivity index (χ4n) is 2.40. The van der Waals surface area contributed by atoms with Gasteiger partial charge in [-0.15, -0.1) is 0 Å². The van der Waals surface area contributed by atoms with Gasteiger partial charge in [0.15, 0.2) is 0 Å². The van der Waals surface area contributed by atoms with E-state index in [1.165, 1.54) is 0 Å². The lowest BCUT2D eigenvalue weighted by Gasteiger charge is -2.19. The molecule has 0 radical (unpaired) electrons. The van der Waals surface area contributed by atoms with Crippen LogP contribution in [0.2, 0.25) is 10.0 Å². The SMILES string of the molecule is Clc1ccc(COc2ccnc(N3CCCNCC3)n2)cc1Cl. The average Bonchev–Trinajstić information content (AvgIpc) is 2.86. The number of ether oxygens (including phenoxy) is 1. The maximum absolute atomic E-state index is 6.01. The van der Waals surface area contributed by atoms with E-state index in [1.807, 2.05) is 6.07 Å². The molecule has 1 aromatic heterocycles. The molecule has 1 fully saturated rings. The van der Waals surface area contributed by atoms with Crippen molar-refractivity contribution in [1.29, 1.82) is 0 Å². The Morgan fingerprint density at radius 1 is 1.13 bits per heavy atom. The van der Waals surface area contributed by atoms with Gasteiger partial charge in [0.25, 0.3) is 0 Å². The van der Waals surface area contributed by atoms with Crippen LogP contribution >= 0.6 is 23.2 Å². The number of hydrogen-bond donors (Lipinski definition) is 1. The smallest absolute Gasteiger partial charge is 0.228 e. The van der Waals surface area contributed by atoms with Gasteiger partial charge in [-0.2, -0.15) is 4.98 Å². The van der Waals surface area contributed by atoms with Gasteiger partial charge in [0.2, 0.25) is 11.8 Å². The maximum Gasteiger partial charge on any atom is 0.228 e. The number of nitrogens with one attached hydrogen (secondary N) is 1. The summed E-state index contributed by atoms with van der Waals surface area (Å²) in [5, 5.41) is 4.42. The fourth-order valence-corrected chi connectivity index (χ4v) is 2.72. The van der Waals surface area contributed by atoms with Crippen LogP contribution in [0.5, 0.6) is 5.88 Å². The summed E-state index contributed by atoms with van der Waals surface area (Å²) in [7, 11) is 0. The average molecular weight is 353 g/mol. The minimum absolute atomic E-state index is 0.384. The Morgan fingerprint density at radius 2 is 2.04 bits per heavy atom. The summed E-state index contributed by atoms with van der Waals surface area (Å²) in [6, 6.07) is 7.21. The molecule has 1 N–H and O–H groups in total. The quantitative estimate of drug-likeness (QED) is 0.915. The molecule has 1 aliphatic rings. The topological polar surface area (TPSA) is 50.3 Å². The number of nitrogens with zero attached hydrogens (tertiary/aromatic N) is 3. The van der Waals surface area contributed by atoms with Crippen LogP contribution in [0.25, 0.3) is 0 Å². The van der Waals surface area contributed by atoms with Gasteiger partial charge in [-0.3, -0.25) is 0 Å². The van der Waals surface area contributed by atoms with Crippen molar-refractivity contribution < 1.29 is 4.74 Å². The molecule has 2 heterocycles. The molecule has 0 spiro atoms. The highest BCUT2D eigenvalue weighted by molar-refractivity contribution is 6.42. The second-order valence-corrected chi connectivity index (χ2v) is 6.14. The summed E-state index contributed by atoms with van der Waals surface area (Å²) in [5.74, 6) is 1.26. The number of aromatic nitrogens is 2. The maximum atomic E-state index is 6.01. The predicted octanol–water partition coefficient (Wildman–Crippen LogP) is 3.16. The third-order valence-corrected chi connectivity index (χ3v) is 4.35. The molecular formula is C16H18Cl2N4O. The molecule has 0 bridgehead atoms. The third kappa shape index (κ3) is 4.47. The molecule has 23 heavy (non-hydrogen) atoms. The van der Waals surface area contributed by atoms with Gasteiger partial charge in [-0.05, 0) is 30.7 Å². The first-order valence-corrected chi connectivity index (χ1v) is 8.33. The molecule has 0 unspecified atom stereocenters. The third-order valence-electron chi connectivity index (χ3n) is 3.61. The van der Waals surface area contributed by atoms with Crippen LogP contribution < -0.4 is 15.0 Å². The Balaban J connectivity index is 1.66.